The first kappa shape index (κ1) is 18.6. The predicted octanol–water partition coefficient (Wildman–Crippen LogP) is 4.94. The minimum Gasteiger partial charge on any atom is -0.435 e. The van der Waals surface area contributed by atoms with Crippen LogP contribution in [0.3, 0.4) is 0 Å². The van der Waals surface area contributed by atoms with Crippen molar-refractivity contribution in [2.45, 2.75) is 13.2 Å². The summed E-state index contributed by atoms with van der Waals surface area (Å²) in [7, 11) is 0. The molecule has 0 bridgehead atoms. The molecular weight excluding hydrogens is 376 g/mol. The van der Waals surface area contributed by atoms with Gasteiger partial charge in [0.1, 0.15) is 5.75 Å². The molecule has 0 saturated carbocycles. The van der Waals surface area contributed by atoms with E-state index in [1.54, 1.807) is 16.9 Å². The maximum atomic E-state index is 12.3. The monoisotopic (exact) mass is 393 g/mol. The zero-order valence-corrected chi connectivity index (χ0v) is 15.3. The average molecular weight is 393 g/mol. The highest BCUT2D eigenvalue weighted by atomic mass is 19.3. The van der Waals surface area contributed by atoms with E-state index in [-0.39, 0.29) is 11.7 Å². The maximum absolute atomic E-state index is 12.3. The van der Waals surface area contributed by atoms with Crippen molar-refractivity contribution >= 4 is 22.5 Å². The van der Waals surface area contributed by atoms with Gasteiger partial charge in [-0.3, -0.25) is 9.48 Å². The predicted molar refractivity (Wildman–Crippen MR) is 106 cm³/mol. The van der Waals surface area contributed by atoms with Gasteiger partial charge in [0.15, 0.2) is 5.82 Å². The van der Waals surface area contributed by atoms with E-state index in [9.17, 15) is 13.6 Å². The van der Waals surface area contributed by atoms with Crippen molar-refractivity contribution in [1.29, 1.82) is 0 Å². The Morgan fingerprint density at radius 2 is 1.76 bits per heavy atom. The molecule has 3 aromatic carbocycles. The molecule has 7 heteroatoms. The number of halogens is 2. The first-order chi connectivity index (χ1) is 14.1. The summed E-state index contributed by atoms with van der Waals surface area (Å²) in [5, 5.41) is 9.41. The topological polar surface area (TPSA) is 56.2 Å². The highest BCUT2D eigenvalue weighted by Crippen LogP contribution is 2.20. The lowest BCUT2D eigenvalue weighted by Crippen LogP contribution is -2.13. The normalized spacial score (nSPS) is 11.0. The molecule has 1 aromatic heterocycles. The number of hydrogen-bond acceptors (Lipinski definition) is 3. The Kier molecular flexibility index (Phi) is 5.20. The van der Waals surface area contributed by atoms with E-state index in [1.807, 2.05) is 24.3 Å². The number of carbonyl (C=O) groups excluding carboxylic acids is 1. The SMILES string of the molecule is O=C(Nc1ccn(Cc2cccc3ccccc23)n1)c1ccc(OC(F)F)cc1. The molecule has 0 fully saturated rings. The highest BCUT2D eigenvalue weighted by Gasteiger charge is 2.10. The molecular formula is C22H17F2N3O2. The van der Waals surface area contributed by atoms with Crippen molar-refractivity contribution < 1.29 is 18.3 Å². The van der Waals surface area contributed by atoms with Crippen LogP contribution in [0.2, 0.25) is 0 Å². The molecule has 0 aliphatic heterocycles. The number of nitrogens with zero attached hydrogens (tertiary/aromatic N) is 2. The summed E-state index contributed by atoms with van der Waals surface area (Å²) in [6.45, 7) is -2.34. The van der Waals surface area contributed by atoms with Gasteiger partial charge in [0.2, 0.25) is 0 Å². The van der Waals surface area contributed by atoms with Crippen LogP contribution in [0, 0.1) is 0 Å². The molecule has 5 nitrogen and oxygen atoms in total. The molecule has 0 radical (unpaired) electrons. The van der Waals surface area contributed by atoms with Gasteiger partial charge >= 0.3 is 6.61 Å². The van der Waals surface area contributed by atoms with Gasteiger partial charge in [-0.2, -0.15) is 13.9 Å². The van der Waals surface area contributed by atoms with Crippen LogP contribution in [0.4, 0.5) is 14.6 Å². The van der Waals surface area contributed by atoms with Crippen molar-refractivity contribution in [3.8, 4) is 5.75 Å². The third kappa shape index (κ3) is 4.40. The number of hydrogen-bond donors (Lipinski definition) is 1. The zero-order valence-electron chi connectivity index (χ0n) is 15.3. The van der Waals surface area contributed by atoms with Crippen LogP contribution in [0.1, 0.15) is 15.9 Å². The Morgan fingerprint density at radius 1 is 1.00 bits per heavy atom. The van der Waals surface area contributed by atoms with E-state index >= 15 is 0 Å². The molecule has 29 heavy (non-hydrogen) atoms. The van der Waals surface area contributed by atoms with Crippen LogP contribution in [0.25, 0.3) is 10.8 Å². The van der Waals surface area contributed by atoms with Crippen LogP contribution in [0.5, 0.6) is 5.75 Å². The Hall–Kier alpha value is -3.74. The summed E-state index contributed by atoms with van der Waals surface area (Å²) in [5.41, 5.74) is 1.44. The quantitative estimate of drug-likeness (QED) is 0.505. The third-order valence-electron chi connectivity index (χ3n) is 4.44. The fraction of sp³-hybridized carbons (Fsp3) is 0.0909. The number of benzene rings is 3. The maximum Gasteiger partial charge on any atom is 0.387 e. The Balaban J connectivity index is 1.44. The number of anilines is 1. The fourth-order valence-corrected chi connectivity index (χ4v) is 3.10. The van der Waals surface area contributed by atoms with Gasteiger partial charge in [0.25, 0.3) is 5.91 Å². The lowest BCUT2D eigenvalue weighted by molar-refractivity contribution is -0.0498. The van der Waals surface area contributed by atoms with Crippen LogP contribution >= 0.6 is 0 Å². The number of aromatic nitrogens is 2. The molecule has 0 saturated heterocycles. The van der Waals surface area contributed by atoms with Gasteiger partial charge in [0.05, 0.1) is 6.54 Å². The zero-order chi connectivity index (χ0) is 20.2. The molecule has 0 spiro atoms. The number of amides is 1. The second-order valence-corrected chi connectivity index (χ2v) is 6.39. The van der Waals surface area contributed by atoms with Crippen molar-refractivity contribution in [2.24, 2.45) is 0 Å². The molecule has 1 amide bonds. The molecule has 1 N–H and O–H groups in total. The number of fused-ring (bicyclic) bond motifs is 1. The van der Waals surface area contributed by atoms with E-state index in [2.05, 4.69) is 33.4 Å². The second kappa shape index (κ2) is 8.10. The number of carbonyl (C=O) groups is 1. The summed E-state index contributed by atoms with van der Waals surface area (Å²) in [5.74, 6) is 0.0167. The summed E-state index contributed by atoms with van der Waals surface area (Å²) in [6.07, 6.45) is 1.79. The van der Waals surface area contributed by atoms with Gasteiger partial charge in [-0.1, -0.05) is 42.5 Å². The lowest BCUT2D eigenvalue weighted by atomic mass is 10.0. The minimum atomic E-state index is -2.90. The van der Waals surface area contributed by atoms with E-state index in [0.717, 1.165) is 16.3 Å². The lowest BCUT2D eigenvalue weighted by Gasteiger charge is -2.07. The van der Waals surface area contributed by atoms with Gasteiger partial charge in [0, 0.05) is 17.8 Å². The number of nitrogens with one attached hydrogen (secondary N) is 1. The average Bonchev–Trinajstić information content (AvgIpc) is 3.15. The molecule has 0 aliphatic carbocycles. The molecule has 4 rings (SSSR count). The van der Waals surface area contributed by atoms with Crippen molar-refractivity contribution in [3.05, 3.63) is 90.1 Å². The second-order valence-electron chi connectivity index (χ2n) is 6.39. The van der Waals surface area contributed by atoms with E-state index in [1.165, 1.54) is 24.3 Å². The molecule has 0 unspecified atom stereocenters. The van der Waals surface area contributed by atoms with Crippen molar-refractivity contribution in [3.63, 3.8) is 0 Å². The largest absolute Gasteiger partial charge is 0.435 e. The Labute approximate surface area is 165 Å². The summed E-state index contributed by atoms with van der Waals surface area (Å²) >= 11 is 0. The first-order valence-corrected chi connectivity index (χ1v) is 8.95. The van der Waals surface area contributed by atoms with Crippen LogP contribution in [0.15, 0.2) is 79.0 Å². The number of alkyl halides is 2. The Morgan fingerprint density at radius 3 is 2.55 bits per heavy atom. The van der Waals surface area contributed by atoms with Gasteiger partial charge in [-0.15, -0.1) is 0 Å². The van der Waals surface area contributed by atoms with Gasteiger partial charge in [-0.25, -0.2) is 0 Å². The van der Waals surface area contributed by atoms with E-state index in [4.69, 9.17) is 0 Å². The summed E-state index contributed by atoms with van der Waals surface area (Å²) in [6, 6.07) is 21.4. The number of rotatable bonds is 6. The van der Waals surface area contributed by atoms with Crippen LogP contribution < -0.4 is 10.1 Å². The Bertz CT molecular complexity index is 1130. The highest BCUT2D eigenvalue weighted by molar-refractivity contribution is 6.03. The first-order valence-electron chi connectivity index (χ1n) is 8.95. The fourth-order valence-electron chi connectivity index (χ4n) is 3.10. The van der Waals surface area contributed by atoms with Crippen LogP contribution in [-0.4, -0.2) is 22.3 Å². The van der Waals surface area contributed by atoms with Gasteiger partial charge < -0.3 is 10.1 Å². The van der Waals surface area contributed by atoms with E-state index in [0.29, 0.717) is 17.9 Å². The summed E-state index contributed by atoms with van der Waals surface area (Å²) in [4.78, 5) is 12.3. The molecule has 146 valence electrons. The van der Waals surface area contributed by atoms with Gasteiger partial charge in [-0.05, 0) is 40.6 Å². The summed E-state index contributed by atoms with van der Waals surface area (Å²) < 4.78 is 30.4. The standard InChI is InChI=1S/C22H17F2N3O2/c23-22(24)29-18-10-8-16(9-11-18)21(28)25-20-12-13-27(26-20)14-17-6-3-5-15-4-1-2-7-19(15)17/h1-13,22H,14H2,(H,25,26,28). The number of ether oxygens (including phenoxy) is 1. The smallest absolute Gasteiger partial charge is 0.387 e. The van der Waals surface area contributed by atoms with Crippen molar-refractivity contribution in [1.82, 2.24) is 9.78 Å². The third-order valence-corrected chi connectivity index (χ3v) is 4.44. The van der Waals surface area contributed by atoms with E-state index < -0.39 is 6.61 Å². The molecule has 0 aliphatic rings. The minimum absolute atomic E-state index is 0.00378. The van der Waals surface area contributed by atoms with Crippen LogP contribution in [-0.2, 0) is 6.54 Å². The molecule has 4 aromatic rings. The molecule has 0 atom stereocenters. The molecule has 1 heterocycles. The van der Waals surface area contributed by atoms with Crippen molar-refractivity contribution in [2.75, 3.05) is 5.32 Å².